The monoisotopic (exact) mass is 279 g/mol. The third kappa shape index (κ3) is 5.66. The first kappa shape index (κ1) is 15.4. The summed E-state index contributed by atoms with van der Waals surface area (Å²) in [5.41, 5.74) is 1.04. The van der Waals surface area contributed by atoms with Crippen molar-refractivity contribution >= 4 is 16.8 Å². The van der Waals surface area contributed by atoms with E-state index >= 15 is 0 Å². The number of carbonyl (C=O) groups is 1. The number of aryl methyl sites for hydroxylation is 1. The maximum Gasteiger partial charge on any atom is 0.319 e. The number of nitrogens with zero attached hydrogens (tertiary/aromatic N) is 1. The first-order valence-electron chi connectivity index (χ1n) is 6.16. The number of unbranched alkanes of at least 4 members (excludes halogenated alkanes) is 1. The van der Waals surface area contributed by atoms with Gasteiger partial charge in [0.25, 0.3) is 0 Å². The average molecular weight is 279 g/mol. The van der Waals surface area contributed by atoms with Gasteiger partial charge >= 0.3 is 5.97 Å². The molecule has 1 N–H and O–H groups in total. The Morgan fingerprint density at radius 3 is 2.63 bits per heavy atom. The first-order valence-corrected chi connectivity index (χ1v) is 7.54. The van der Waals surface area contributed by atoms with Crippen LogP contribution < -0.4 is 0 Å². The van der Waals surface area contributed by atoms with Gasteiger partial charge in [-0.15, -0.1) is 0 Å². The van der Waals surface area contributed by atoms with Gasteiger partial charge in [0.2, 0.25) is 0 Å². The predicted molar refractivity (Wildman–Crippen MR) is 74.0 cm³/mol. The summed E-state index contributed by atoms with van der Waals surface area (Å²) in [6.45, 7) is 0. The number of benzene rings is 1. The van der Waals surface area contributed by atoms with Crippen LogP contribution in [-0.2, 0) is 22.0 Å². The molecule has 1 aromatic rings. The van der Waals surface area contributed by atoms with E-state index in [-0.39, 0.29) is 5.75 Å². The van der Waals surface area contributed by atoms with Gasteiger partial charge in [0.15, 0.2) is 0 Å². The van der Waals surface area contributed by atoms with E-state index in [1.54, 1.807) is 0 Å². The average Bonchev–Trinajstić information content (AvgIpc) is 2.40. The number of nitriles is 1. The molecule has 0 radical (unpaired) electrons. The first-order chi connectivity index (χ1) is 9.15. The van der Waals surface area contributed by atoms with Crippen LogP contribution in [0.1, 0.15) is 24.8 Å². The minimum atomic E-state index is -1.41. The molecular formula is C14H17NO3S. The number of carboxylic acid groups (broad SMARTS) is 1. The van der Waals surface area contributed by atoms with Crippen LogP contribution in [0.3, 0.4) is 0 Å². The maximum atomic E-state index is 11.9. The van der Waals surface area contributed by atoms with Gasteiger partial charge in [-0.25, -0.2) is 0 Å². The molecule has 2 unspecified atom stereocenters. The van der Waals surface area contributed by atoms with Crippen molar-refractivity contribution < 1.29 is 14.1 Å². The molecule has 0 spiro atoms. The number of carboxylic acids is 1. The van der Waals surface area contributed by atoms with Crippen LogP contribution in [0.15, 0.2) is 30.3 Å². The third-order valence-corrected chi connectivity index (χ3v) is 4.53. The molecule has 2 atom stereocenters. The van der Waals surface area contributed by atoms with Gasteiger partial charge in [-0.1, -0.05) is 30.3 Å². The molecular weight excluding hydrogens is 262 g/mol. The van der Waals surface area contributed by atoms with Crippen molar-refractivity contribution in [2.45, 2.75) is 30.9 Å². The Labute approximate surface area is 115 Å². The van der Waals surface area contributed by atoms with Crippen molar-refractivity contribution in [2.24, 2.45) is 0 Å². The van der Waals surface area contributed by atoms with Gasteiger partial charge in [0.05, 0.1) is 6.07 Å². The zero-order chi connectivity index (χ0) is 14.1. The standard InChI is InChI=1S/C14H17NO3S/c15-10-4-5-11-19(18)13(14(16)17)9-8-12-6-2-1-3-7-12/h1-3,6-7,13H,4-5,8-9,11H2,(H,16,17). The number of hydrogen-bond acceptors (Lipinski definition) is 3. The van der Waals surface area contributed by atoms with Crippen molar-refractivity contribution in [3.8, 4) is 6.07 Å². The number of aliphatic carboxylic acids is 1. The molecule has 102 valence electrons. The summed E-state index contributed by atoms with van der Waals surface area (Å²) < 4.78 is 11.9. The van der Waals surface area contributed by atoms with Crippen LogP contribution in [-0.4, -0.2) is 26.3 Å². The Hall–Kier alpha value is -1.67. The van der Waals surface area contributed by atoms with E-state index in [1.807, 2.05) is 36.4 Å². The minimum Gasteiger partial charge on any atom is -0.480 e. The molecule has 0 amide bonds. The molecule has 1 aromatic carbocycles. The minimum absolute atomic E-state index is 0.277. The largest absolute Gasteiger partial charge is 0.480 e. The topological polar surface area (TPSA) is 78.2 Å². The van der Waals surface area contributed by atoms with Gasteiger partial charge in [-0.3, -0.25) is 9.00 Å². The van der Waals surface area contributed by atoms with Crippen LogP contribution in [0.25, 0.3) is 0 Å². The lowest BCUT2D eigenvalue weighted by Crippen LogP contribution is -2.28. The highest BCUT2D eigenvalue weighted by Crippen LogP contribution is 2.11. The molecule has 0 saturated carbocycles. The van der Waals surface area contributed by atoms with Crippen LogP contribution in [0.4, 0.5) is 0 Å². The zero-order valence-electron chi connectivity index (χ0n) is 10.6. The van der Waals surface area contributed by atoms with Crippen LogP contribution in [0.5, 0.6) is 0 Å². The molecule has 19 heavy (non-hydrogen) atoms. The fourth-order valence-corrected chi connectivity index (χ4v) is 3.06. The summed E-state index contributed by atoms with van der Waals surface area (Å²) in [5.74, 6) is -0.745. The quantitative estimate of drug-likeness (QED) is 0.739. The molecule has 0 aromatic heterocycles. The van der Waals surface area contributed by atoms with Crippen molar-refractivity contribution in [2.75, 3.05) is 5.75 Å². The van der Waals surface area contributed by atoms with E-state index in [2.05, 4.69) is 0 Å². The van der Waals surface area contributed by atoms with Gasteiger partial charge < -0.3 is 5.11 Å². The molecule has 0 saturated heterocycles. The van der Waals surface area contributed by atoms with Crippen LogP contribution in [0, 0.1) is 11.3 Å². The Morgan fingerprint density at radius 1 is 1.37 bits per heavy atom. The highest BCUT2D eigenvalue weighted by Gasteiger charge is 2.23. The Balaban J connectivity index is 2.51. The summed E-state index contributed by atoms with van der Waals surface area (Å²) in [6.07, 6.45) is 1.76. The van der Waals surface area contributed by atoms with Crippen LogP contribution in [0.2, 0.25) is 0 Å². The molecule has 4 nitrogen and oxygen atoms in total. The van der Waals surface area contributed by atoms with Crippen LogP contribution >= 0.6 is 0 Å². The summed E-state index contributed by atoms with van der Waals surface area (Å²) >= 11 is 0. The van der Waals surface area contributed by atoms with Gasteiger partial charge in [0.1, 0.15) is 5.25 Å². The molecule has 0 aliphatic rings. The molecule has 0 aliphatic heterocycles. The molecule has 5 heteroatoms. The van der Waals surface area contributed by atoms with Gasteiger partial charge in [-0.2, -0.15) is 5.26 Å². The normalized spacial score (nSPS) is 13.4. The fourth-order valence-electron chi connectivity index (χ4n) is 1.75. The lowest BCUT2D eigenvalue weighted by molar-refractivity contribution is -0.136. The van der Waals surface area contributed by atoms with E-state index in [0.717, 1.165) is 5.56 Å². The summed E-state index contributed by atoms with van der Waals surface area (Å²) in [4.78, 5) is 11.1. The van der Waals surface area contributed by atoms with E-state index < -0.39 is 22.0 Å². The second kappa shape index (κ2) is 8.44. The molecule has 0 bridgehead atoms. The van der Waals surface area contributed by atoms with Crippen molar-refractivity contribution in [3.63, 3.8) is 0 Å². The zero-order valence-corrected chi connectivity index (χ0v) is 11.4. The lowest BCUT2D eigenvalue weighted by Gasteiger charge is -2.11. The lowest BCUT2D eigenvalue weighted by atomic mass is 10.1. The Morgan fingerprint density at radius 2 is 2.05 bits per heavy atom. The number of rotatable bonds is 8. The highest BCUT2D eigenvalue weighted by atomic mass is 32.2. The summed E-state index contributed by atoms with van der Waals surface area (Å²) in [5, 5.41) is 16.7. The smallest absolute Gasteiger partial charge is 0.319 e. The SMILES string of the molecule is N#CCCCS(=O)C(CCc1ccccc1)C(=O)O. The second-order valence-corrected chi connectivity index (χ2v) is 5.94. The van der Waals surface area contributed by atoms with E-state index in [1.165, 1.54) is 0 Å². The number of hydrogen-bond donors (Lipinski definition) is 1. The van der Waals surface area contributed by atoms with E-state index in [0.29, 0.717) is 25.7 Å². The molecule has 0 heterocycles. The van der Waals surface area contributed by atoms with Crippen molar-refractivity contribution in [1.82, 2.24) is 0 Å². The van der Waals surface area contributed by atoms with Crippen molar-refractivity contribution in [1.29, 1.82) is 5.26 Å². The van der Waals surface area contributed by atoms with Crippen molar-refractivity contribution in [3.05, 3.63) is 35.9 Å². The maximum absolute atomic E-state index is 11.9. The molecule has 1 rings (SSSR count). The second-order valence-electron chi connectivity index (χ2n) is 4.20. The summed E-state index contributed by atoms with van der Waals surface area (Å²) in [6, 6.07) is 11.5. The highest BCUT2D eigenvalue weighted by molar-refractivity contribution is 7.86. The van der Waals surface area contributed by atoms with E-state index in [9.17, 15) is 9.00 Å². The Bertz CT molecular complexity index is 467. The molecule has 0 aliphatic carbocycles. The molecule has 0 fully saturated rings. The third-order valence-electron chi connectivity index (χ3n) is 2.76. The van der Waals surface area contributed by atoms with Gasteiger partial charge in [0, 0.05) is 23.0 Å². The van der Waals surface area contributed by atoms with Gasteiger partial charge in [-0.05, 0) is 24.8 Å². The van der Waals surface area contributed by atoms with E-state index in [4.69, 9.17) is 10.4 Å². The summed E-state index contributed by atoms with van der Waals surface area (Å²) in [7, 11) is -1.41. The fraction of sp³-hybridized carbons (Fsp3) is 0.429. The predicted octanol–water partition coefficient (Wildman–Crippen LogP) is 2.12. The Kier molecular flexibility index (Phi) is 6.83.